The molecule has 4 heterocycles. The standard InChI is InChI=1S/C20H21FN8/c1-2-29-19-14(11-25-29)4-3-13-10-24-20(27-18(13)19)26-17-9-15(21)16(12-23-17)28-7-5-22-6-8-28/h3-4,9-12,22H,2,5-8H2,1H3,(H,23,24,26,27). The van der Waals surface area contributed by atoms with Gasteiger partial charge in [0, 0.05) is 55.8 Å². The first-order valence-corrected chi connectivity index (χ1v) is 9.72. The van der Waals surface area contributed by atoms with Gasteiger partial charge in [-0.2, -0.15) is 5.10 Å². The molecule has 8 nitrogen and oxygen atoms in total. The van der Waals surface area contributed by atoms with Crippen LogP contribution in [0.4, 0.5) is 21.8 Å². The lowest BCUT2D eigenvalue weighted by atomic mass is 10.2. The van der Waals surface area contributed by atoms with Crippen molar-refractivity contribution in [1.29, 1.82) is 0 Å². The second-order valence-corrected chi connectivity index (χ2v) is 6.98. The van der Waals surface area contributed by atoms with Crippen LogP contribution in [-0.2, 0) is 6.54 Å². The highest BCUT2D eigenvalue weighted by Gasteiger charge is 2.16. The number of halogens is 1. The number of aryl methyl sites for hydroxylation is 1. The lowest BCUT2D eigenvalue weighted by Gasteiger charge is -2.29. The highest BCUT2D eigenvalue weighted by atomic mass is 19.1. The van der Waals surface area contributed by atoms with Crippen molar-refractivity contribution >= 4 is 39.3 Å². The van der Waals surface area contributed by atoms with Gasteiger partial charge in [0.15, 0.2) is 5.82 Å². The largest absolute Gasteiger partial charge is 0.365 e. The van der Waals surface area contributed by atoms with Gasteiger partial charge in [-0.3, -0.25) is 4.68 Å². The van der Waals surface area contributed by atoms with Crippen molar-refractivity contribution < 1.29 is 4.39 Å². The smallest absolute Gasteiger partial charge is 0.228 e. The Bertz CT molecular complexity index is 1180. The van der Waals surface area contributed by atoms with Gasteiger partial charge in [0.2, 0.25) is 5.95 Å². The van der Waals surface area contributed by atoms with Crippen molar-refractivity contribution in [3.05, 3.63) is 42.6 Å². The molecule has 29 heavy (non-hydrogen) atoms. The number of benzene rings is 1. The second kappa shape index (κ2) is 7.25. The van der Waals surface area contributed by atoms with E-state index in [1.165, 1.54) is 6.07 Å². The lowest BCUT2D eigenvalue weighted by Crippen LogP contribution is -2.43. The minimum absolute atomic E-state index is 0.309. The lowest BCUT2D eigenvalue weighted by molar-refractivity contribution is 0.565. The maximum atomic E-state index is 14.7. The molecule has 0 radical (unpaired) electrons. The number of piperazine rings is 1. The number of anilines is 3. The molecule has 9 heteroatoms. The zero-order valence-corrected chi connectivity index (χ0v) is 16.1. The fourth-order valence-corrected chi connectivity index (χ4v) is 3.71. The minimum Gasteiger partial charge on any atom is -0.365 e. The van der Waals surface area contributed by atoms with Gasteiger partial charge in [-0.15, -0.1) is 0 Å². The molecule has 1 saturated heterocycles. The molecule has 0 spiro atoms. The summed E-state index contributed by atoms with van der Waals surface area (Å²) in [6, 6.07) is 5.38. The summed E-state index contributed by atoms with van der Waals surface area (Å²) in [4.78, 5) is 15.4. The molecule has 148 valence electrons. The van der Waals surface area contributed by atoms with Crippen LogP contribution in [0.25, 0.3) is 21.8 Å². The summed E-state index contributed by atoms with van der Waals surface area (Å²) in [6.07, 6.45) is 5.15. The molecule has 1 fully saturated rings. The highest BCUT2D eigenvalue weighted by Crippen LogP contribution is 2.26. The van der Waals surface area contributed by atoms with E-state index < -0.39 is 0 Å². The summed E-state index contributed by atoms with van der Waals surface area (Å²) in [7, 11) is 0. The molecule has 5 rings (SSSR count). The number of aromatic nitrogens is 5. The molecule has 0 aliphatic carbocycles. The molecule has 3 aromatic heterocycles. The Hall–Kier alpha value is -3.33. The Morgan fingerprint density at radius 3 is 2.72 bits per heavy atom. The third-order valence-electron chi connectivity index (χ3n) is 5.18. The van der Waals surface area contributed by atoms with E-state index in [-0.39, 0.29) is 5.82 Å². The third kappa shape index (κ3) is 3.23. The predicted octanol–water partition coefficient (Wildman–Crippen LogP) is 2.69. The summed E-state index contributed by atoms with van der Waals surface area (Å²) in [5.41, 5.74) is 2.28. The summed E-state index contributed by atoms with van der Waals surface area (Å²) >= 11 is 0. The van der Waals surface area contributed by atoms with Crippen LogP contribution in [-0.4, -0.2) is 50.9 Å². The second-order valence-electron chi connectivity index (χ2n) is 6.98. The molecule has 0 bridgehead atoms. The zero-order valence-electron chi connectivity index (χ0n) is 16.1. The van der Waals surface area contributed by atoms with Crippen molar-refractivity contribution in [3.63, 3.8) is 0 Å². The van der Waals surface area contributed by atoms with Crippen molar-refractivity contribution in [3.8, 4) is 0 Å². The Labute approximate surface area is 166 Å². The van der Waals surface area contributed by atoms with Gasteiger partial charge >= 0.3 is 0 Å². The number of hydrogen-bond donors (Lipinski definition) is 2. The molecular formula is C20H21FN8. The van der Waals surface area contributed by atoms with Gasteiger partial charge < -0.3 is 15.5 Å². The Balaban J connectivity index is 1.47. The Kier molecular flexibility index (Phi) is 4.44. The number of pyridine rings is 1. The monoisotopic (exact) mass is 392 g/mol. The normalized spacial score (nSPS) is 14.6. The van der Waals surface area contributed by atoms with E-state index in [1.807, 2.05) is 34.8 Å². The van der Waals surface area contributed by atoms with Gasteiger partial charge in [-0.1, -0.05) is 12.1 Å². The number of rotatable bonds is 4. The number of nitrogens with one attached hydrogen (secondary N) is 2. The average Bonchev–Trinajstić information content (AvgIpc) is 3.18. The quantitative estimate of drug-likeness (QED) is 0.552. The first-order valence-electron chi connectivity index (χ1n) is 9.72. The van der Waals surface area contributed by atoms with E-state index in [9.17, 15) is 4.39 Å². The van der Waals surface area contributed by atoms with E-state index in [0.29, 0.717) is 17.5 Å². The Morgan fingerprint density at radius 2 is 1.93 bits per heavy atom. The third-order valence-corrected chi connectivity index (χ3v) is 5.18. The van der Waals surface area contributed by atoms with Crippen LogP contribution in [0.5, 0.6) is 0 Å². The van der Waals surface area contributed by atoms with Crippen LogP contribution in [0.2, 0.25) is 0 Å². The van der Waals surface area contributed by atoms with E-state index >= 15 is 0 Å². The minimum atomic E-state index is -0.309. The number of fused-ring (bicyclic) bond motifs is 3. The van der Waals surface area contributed by atoms with Gasteiger partial charge in [0.1, 0.15) is 11.3 Å². The summed E-state index contributed by atoms with van der Waals surface area (Å²) in [5.74, 6) is 0.434. The summed E-state index contributed by atoms with van der Waals surface area (Å²) < 4.78 is 16.6. The molecule has 2 N–H and O–H groups in total. The predicted molar refractivity (Wildman–Crippen MR) is 111 cm³/mol. The van der Waals surface area contributed by atoms with Crippen molar-refractivity contribution in [1.82, 2.24) is 30.0 Å². The Morgan fingerprint density at radius 1 is 1.10 bits per heavy atom. The van der Waals surface area contributed by atoms with Crippen LogP contribution in [0.1, 0.15) is 6.92 Å². The van der Waals surface area contributed by atoms with E-state index in [1.54, 1.807) is 12.4 Å². The molecule has 0 saturated carbocycles. The fraction of sp³-hybridized carbons (Fsp3) is 0.300. The maximum absolute atomic E-state index is 14.7. The summed E-state index contributed by atoms with van der Waals surface area (Å²) in [5, 5.41) is 12.6. The first kappa shape index (κ1) is 17.7. The molecule has 0 amide bonds. The number of hydrogen-bond acceptors (Lipinski definition) is 7. The molecule has 1 aliphatic heterocycles. The van der Waals surface area contributed by atoms with Crippen LogP contribution >= 0.6 is 0 Å². The first-order chi connectivity index (χ1) is 14.2. The van der Waals surface area contributed by atoms with Crippen LogP contribution in [0.15, 0.2) is 36.8 Å². The topological polar surface area (TPSA) is 83.8 Å². The van der Waals surface area contributed by atoms with Crippen LogP contribution in [0, 0.1) is 5.82 Å². The van der Waals surface area contributed by atoms with E-state index in [4.69, 9.17) is 0 Å². The van der Waals surface area contributed by atoms with Crippen LogP contribution < -0.4 is 15.5 Å². The maximum Gasteiger partial charge on any atom is 0.228 e. The molecular weight excluding hydrogens is 371 g/mol. The van der Waals surface area contributed by atoms with E-state index in [0.717, 1.165) is 54.5 Å². The van der Waals surface area contributed by atoms with Crippen molar-refractivity contribution in [2.24, 2.45) is 0 Å². The van der Waals surface area contributed by atoms with Gasteiger partial charge in [0.05, 0.1) is 23.6 Å². The van der Waals surface area contributed by atoms with Gasteiger partial charge in [-0.25, -0.2) is 19.3 Å². The van der Waals surface area contributed by atoms with Crippen molar-refractivity contribution in [2.45, 2.75) is 13.5 Å². The molecule has 1 aliphatic rings. The molecule has 0 atom stereocenters. The van der Waals surface area contributed by atoms with Gasteiger partial charge in [-0.05, 0) is 6.92 Å². The highest BCUT2D eigenvalue weighted by molar-refractivity contribution is 6.03. The van der Waals surface area contributed by atoms with Gasteiger partial charge in [0.25, 0.3) is 0 Å². The van der Waals surface area contributed by atoms with Crippen LogP contribution in [0.3, 0.4) is 0 Å². The molecule has 1 aromatic carbocycles. The SMILES string of the molecule is CCn1ncc2ccc3cnc(Nc4cc(F)c(N5CCNCC5)cn4)nc3c21. The fourth-order valence-electron chi connectivity index (χ4n) is 3.71. The molecule has 0 unspecified atom stereocenters. The number of nitrogens with zero attached hydrogens (tertiary/aromatic N) is 6. The summed E-state index contributed by atoms with van der Waals surface area (Å²) in [6.45, 7) is 5.99. The van der Waals surface area contributed by atoms with Crippen molar-refractivity contribution in [2.75, 3.05) is 36.4 Å². The average molecular weight is 392 g/mol. The van der Waals surface area contributed by atoms with E-state index in [2.05, 4.69) is 30.7 Å². The zero-order chi connectivity index (χ0) is 19.8. The molecule has 4 aromatic rings.